The van der Waals surface area contributed by atoms with E-state index < -0.39 is 16.1 Å². The molecule has 4 heterocycles. The van der Waals surface area contributed by atoms with Crippen LogP contribution in [0, 0.1) is 0 Å². The van der Waals surface area contributed by atoms with Crippen LogP contribution in [-0.4, -0.2) is 54.2 Å². The van der Waals surface area contributed by atoms with Gasteiger partial charge in [0.15, 0.2) is 5.13 Å². The molecule has 7 nitrogen and oxygen atoms in total. The quantitative estimate of drug-likeness (QED) is 0.747. The van der Waals surface area contributed by atoms with Gasteiger partial charge in [0.2, 0.25) is 5.91 Å². The number of sulfonamides is 1. The lowest BCUT2D eigenvalue weighted by atomic mass is 10.2. The van der Waals surface area contributed by atoms with Crippen LogP contribution in [0.1, 0.15) is 36.8 Å². The highest BCUT2D eigenvalue weighted by molar-refractivity contribution is 7.91. The molecule has 0 aromatic carbocycles. The van der Waals surface area contributed by atoms with Gasteiger partial charge in [0, 0.05) is 30.9 Å². The topological polar surface area (TPSA) is 82.6 Å². The maximum atomic E-state index is 12.9. The Kier molecular flexibility index (Phi) is 5.84. The number of hydrogen-bond donors (Lipinski definition) is 1. The fraction of sp³-hybridized carbons (Fsp3) is 0.556. The normalized spacial score (nSPS) is 21.0. The van der Waals surface area contributed by atoms with Crippen molar-refractivity contribution in [2.24, 2.45) is 0 Å². The fourth-order valence-corrected chi connectivity index (χ4v) is 7.64. The molecule has 4 rings (SSSR count). The first-order valence-corrected chi connectivity index (χ1v) is 12.7. The predicted molar refractivity (Wildman–Crippen MR) is 111 cm³/mol. The molecule has 1 N–H and O–H groups in total. The number of thiophene rings is 1. The number of amides is 1. The molecule has 152 valence electrons. The number of fused-ring (bicyclic) bond motifs is 1. The van der Waals surface area contributed by atoms with E-state index in [0.29, 0.717) is 24.5 Å². The number of carbonyl (C=O) groups is 1. The molecule has 1 unspecified atom stereocenters. The molecule has 0 aliphatic carbocycles. The lowest BCUT2D eigenvalue weighted by molar-refractivity contribution is -0.119. The maximum Gasteiger partial charge on any atom is 0.253 e. The van der Waals surface area contributed by atoms with Crippen molar-refractivity contribution < 1.29 is 13.2 Å². The largest absolute Gasteiger partial charge is 0.301 e. The second-order valence-corrected chi connectivity index (χ2v) is 11.3. The van der Waals surface area contributed by atoms with E-state index in [2.05, 4.69) is 22.1 Å². The van der Waals surface area contributed by atoms with Gasteiger partial charge in [-0.15, -0.1) is 22.7 Å². The zero-order chi connectivity index (χ0) is 19.7. The summed E-state index contributed by atoms with van der Waals surface area (Å²) in [5.74, 6) is -0.283. The van der Waals surface area contributed by atoms with Crippen molar-refractivity contribution >= 4 is 43.7 Å². The van der Waals surface area contributed by atoms with Crippen LogP contribution >= 0.6 is 22.7 Å². The number of carbonyl (C=O) groups excluding carboxylic acids is 1. The van der Waals surface area contributed by atoms with E-state index in [1.54, 1.807) is 17.5 Å². The summed E-state index contributed by atoms with van der Waals surface area (Å²) in [5, 5.41) is 5.20. The highest BCUT2D eigenvalue weighted by Crippen LogP contribution is 2.31. The van der Waals surface area contributed by atoms with Crippen LogP contribution in [0.25, 0.3) is 0 Å². The minimum absolute atomic E-state index is 0.283. The second-order valence-electron chi connectivity index (χ2n) is 7.11. The first kappa shape index (κ1) is 20.0. The molecule has 1 atom stereocenters. The lowest BCUT2D eigenvalue weighted by Crippen LogP contribution is -2.42. The van der Waals surface area contributed by atoms with Crippen LogP contribution < -0.4 is 5.32 Å². The van der Waals surface area contributed by atoms with Gasteiger partial charge in [-0.2, -0.15) is 4.31 Å². The molecule has 28 heavy (non-hydrogen) atoms. The van der Waals surface area contributed by atoms with Crippen molar-refractivity contribution in [2.75, 3.05) is 25.0 Å². The maximum absolute atomic E-state index is 12.9. The number of anilines is 1. The van der Waals surface area contributed by atoms with Crippen molar-refractivity contribution in [2.45, 2.75) is 49.4 Å². The van der Waals surface area contributed by atoms with E-state index in [9.17, 15) is 13.2 Å². The van der Waals surface area contributed by atoms with E-state index in [1.807, 2.05) is 0 Å². The third-order valence-electron chi connectivity index (χ3n) is 5.14. The third-order valence-corrected chi connectivity index (χ3v) is 9.42. The Balaban J connectivity index is 1.47. The van der Waals surface area contributed by atoms with Gasteiger partial charge in [-0.05, 0) is 37.3 Å². The predicted octanol–water partition coefficient (Wildman–Crippen LogP) is 2.76. The zero-order valence-corrected chi connectivity index (χ0v) is 18.2. The summed E-state index contributed by atoms with van der Waals surface area (Å²) < 4.78 is 27.3. The number of nitrogens with one attached hydrogen (secondary N) is 1. The molecular weight excluding hydrogens is 416 g/mol. The van der Waals surface area contributed by atoms with E-state index in [4.69, 9.17) is 0 Å². The van der Waals surface area contributed by atoms with Crippen LogP contribution in [0.5, 0.6) is 0 Å². The number of rotatable bonds is 6. The monoisotopic (exact) mass is 440 g/mol. The van der Waals surface area contributed by atoms with Gasteiger partial charge >= 0.3 is 0 Å². The van der Waals surface area contributed by atoms with Gasteiger partial charge in [-0.1, -0.05) is 13.0 Å². The average Bonchev–Trinajstić information content (AvgIpc) is 3.41. The summed E-state index contributed by atoms with van der Waals surface area (Å²) in [6, 6.07) is 2.62. The van der Waals surface area contributed by atoms with Crippen LogP contribution in [0.4, 0.5) is 5.13 Å². The zero-order valence-electron chi connectivity index (χ0n) is 15.8. The van der Waals surface area contributed by atoms with Crippen molar-refractivity contribution in [1.29, 1.82) is 0 Å². The highest BCUT2D eigenvalue weighted by atomic mass is 32.2. The van der Waals surface area contributed by atoms with Gasteiger partial charge in [0.1, 0.15) is 10.3 Å². The molecule has 2 aliphatic rings. The second kappa shape index (κ2) is 8.19. The summed E-state index contributed by atoms with van der Waals surface area (Å²) in [7, 11) is -3.63. The fourth-order valence-electron chi connectivity index (χ4n) is 3.81. The highest BCUT2D eigenvalue weighted by Gasteiger charge is 2.40. The number of thiazole rings is 1. The Bertz CT molecular complexity index is 939. The van der Waals surface area contributed by atoms with E-state index >= 15 is 0 Å². The molecule has 1 fully saturated rings. The van der Waals surface area contributed by atoms with Crippen LogP contribution in [0.3, 0.4) is 0 Å². The molecule has 1 amide bonds. The van der Waals surface area contributed by atoms with Crippen molar-refractivity contribution in [3.8, 4) is 0 Å². The average molecular weight is 441 g/mol. The molecule has 0 spiro atoms. The summed E-state index contributed by atoms with van der Waals surface area (Å²) in [4.78, 5) is 21.1. The van der Waals surface area contributed by atoms with Gasteiger partial charge < -0.3 is 5.32 Å². The summed E-state index contributed by atoms with van der Waals surface area (Å²) >= 11 is 2.69. The van der Waals surface area contributed by atoms with Gasteiger partial charge in [-0.3, -0.25) is 9.69 Å². The Morgan fingerprint density at radius 1 is 1.39 bits per heavy atom. The molecule has 2 aromatic heterocycles. The minimum atomic E-state index is -3.63. The Morgan fingerprint density at radius 3 is 3.00 bits per heavy atom. The molecular formula is C18H24N4O3S3. The first-order chi connectivity index (χ1) is 13.5. The van der Waals surface area contributed by atoms with Crippen LogP contribution in [0.15, 0.2) is 21.7 Å². The van der Waals surface area contributed by atoms with E-state index in [0.717, 1.165) is 38.2 Å². The van der Waals surface area contributed by atoms with Gasteiger partial charge in [0.05, 0.1) is 5.69 Å². The number of aromatic nitrogens is 1. The summed E-state index contributed by atoms with van der Waals surface area (Å²) in [6.07, 6.45) is 3.23. The van der Waals surface area contributed by atoms with E-state index in [1.165, 1.54) is 31.9 Å². The van der Waals surface area contributed by atoms with Crippen LogP contribution in [-0.2, 0) is 27.8 Å². The Morgan fingerprint density at radius 2 is 2.25 bits per heavy atom. The molecule has 2 aromatic rings. The van der Waals surface area contributed by atoms with Gasteiger partial charge in [0.25, 0.3) is 10.0 Å². The van der Waals surface area contributed by atoms with Gasteiger partial charge in [-0.25, -0.2) is 13.4 Å². The first-order valence-electron chi connectivity index (χ1n) is 9.56. The third kappa shape index (κ3) is 3.88. The standard InChI is InChI=1S/C18H24N4O3S3/c1-2-8-21-10-7-13-15(12-21)27-18(19-13)20-17(23)14-5-3-9-22(14)28(24,25)16-6-4-11-26-16/h4,6,11,14H,2-3,5,7-10,12H2,1H3,(H,19,20,23). The van der Waals surface area contributed by atoms with E-state index in [-0.39, 0.29) is 10.1 Å². The van der Waals surface area contributed by atoms with Crippen molar-refractivity contribution in [3.63, 3.8) is 0 Å². The van der Waals surface area contributed by atoms with Crippen LogP contribution in [0.2, 0.25) is 0 Å². The van der Waals surface area contributed by atoms with Crippen molar-refractivity contribution in [1.82, 2.24) is 14.2 Å². The minimum Gasteiger partial charge on any atom is -0.301 e. The molecule has 0 radical (unpaired) electrons. The molecule has 0 bridgehead atoms. The molecule has 10 heteroatoms. The molecule has 1 saturated heterocycles. The van der Waals surface area contributed by atoms with Crippen molar-refractivity contribution in [3.05, 3.63) is 28.1 Å². The Labute approximate surface area is 173 Å². The Hall–Kier alpha value is -1.33. The number of nitrogens with zero attached hydrogens (tertiary/aromatic N) is 3. The molecule has 0 saturated carbocycles. The molecule has 2 aliphatic heterocycles. The summed E-state index contributed by atoms with van der Waals surface area (Å²) in [5.41, 5.74) is 1.06. The number of hydrogen-bond acceptors (Lipinski definition) is 7. The summed E-state index contributed by atoms with van der Waals surface area (Å²) in [6.45, 7) is 5.48. The smallest absolute Gasteiger partial charge is 0.253 e. The SMILES string of the molecule is CCCN1CCc2nc(NC(=O)C3CCCN3S(=O)(=O)c3cccs3)sc2C1. The lowest BCUT2D eigenvalue weighted by Gasteiger charge is -2.24.